The minimum atomic E-state index is -0.755. The number of aryl methyl sites for hydroxylation is 1. The summed E-state index contributed by atoms with van der Waals surface area (Å²) in [6.07, 6.45) is 7.85. The largest absolute Gasteiger partial charge is 0.481 e. The molecule has 1 unspecified atom stereocenters. The van der Waals surface area contributed by atoms with Gasteiger partial charge in [0.2, 0.25) is 5.95 Å². The lowest BCUT2D eigenvalue weighted by atomic mass is 10.1. The normalized spacial score (nSPS) is 19.2. The van der Waals surface area contributed by atoms with Crippen LogP contribution in [0.2, 0.25) is 0 Å². The number of rotatable bonds is 5. The SMILES string of the molecule is CCCc1cnc(N2CCCC2CC(=O)O)nc1. The van der Waals surface area contributed by atoms with Gasteiger partial charge in [-0.3, -0.25) is 4.79 Å². The van der Waals surface area contributed by atoms with Crippen molar-refractivity contribution in [2.45, 2.75) is 45.1 Å². The van der Waals surface area contributed by atoms with Crippen molar-refractivity contribution in [3.8, 4) is 0 Å². The summed E-state index contributed by atoms with van der Waals surface area (Å²) in [6.45, 7) is 2.97. The molecule has 1 aliphatic rings. The van der Waals surface area contributed by atoms with Gasteiger partial charge in [-0.05, 0) is 24.8 Å². The number of aromatic nitrogens is 2. The quantitative estimate of drug-likeness (QED) is 0.863. The average molecular weight is 249 g/mol. The number of aliphatic carboxylic acids is 1. The monoisotopic (exact) mass is 249 g/mol. The second kappa shape index (κ2) is 5.80. The topological polar surface area (TPSA) is 66.3 Å². The first kappa shape index (κ1) is 12.8. The van der Waals surface area contributed by atoms with Crippen molar-refractivity contribution in [3.63, 3.8) is 0 Å². The predicted octanol–water partition coefficient (Wildman–Crippen LogP) is 1.87. The third-order valence-corrected chi connectivity index (χ3v) is 3.27. The van der Waals surface area contributed by atoms with Crippen LogP contribution in [-0.4, -0.2) is 33.6 Å². The molecule has 0 saturated carbocycles. The summed E-state index contributed by atoms with van der Waals surface area (Å²) in [5.41, 5.74) is 1.13. The second-order valence-corrected chi connectivity index (χ2v) is 4.73. The number of hydrogen-bond acceptors (Lipinski definition) is 4. The highest BCUT2D eigenvalue weighted by Gasteiger charge is 2.28. The molecule has 1 saturated heterocycles. The van der Waals surface area contributed by atoms with Crippen molar-refractivity contribution < 1.29 is 9.90 Å². The van der Waals surface area contributed by atoms with E-state index in [-0.39, 0.29) is 12.5 Å². The molecule has 0 spiro atoms. The highest BCUT2D eigenvalue weighted by molar-refractivity contribution is 5.68. The highest BCUT2D eigenvalue weighted by Crippen LogP contribution is 2.24. The van der Waals surface area contributed by atoms with E-state index in [1.54, 1.807) is 0 Å². The van der Waals surface area contributed by atoms with Crippen molar-refractivity contribution >= 4 is 11.9 Å². The molecule has 1 aliphatic heterocycles. The first-order valence-corrected chi connectivity index (χ1v) is 6.50. The fourth-order valence-corrected chi connectivity index (χ4v) is 2.43. The van der Waals surface area contributed by atoms with E-state index in [2.05, 4.69) is 16.9 Å². The van der Waals surface area contributed by atoms with Crippen LogP contribution in [0.25, 0.3) is 0 Å². The molecule has 2 rings (SSSR count). The van der Waals surface area contributed by atoms with Gasteiger partial charge in [0.25, 0.3) is 0 Å². The van der Waals surface area contributed by atoms with Crippen LogP contribution in [0.1, 0.15) is 38.2 Å². The Labute approximate surface area is 107 Å². The van der Waals surface area contributed by atoms with Crippen LogP contribution < -0.4 is 4.90 Å². The van der Waals surface area contributed by atoms with Crippen LogP contribution in [0.3, 0.4) is 0 Å². The zero-order valence-corrected chi connectivity index (χ0v) is 10.7. The Morgan fingerprint density at radius 2 is 2.22 bits per heavy atom. The molecule has 1 N–H and O–H groups in total. The fourth-order valence-electron chi connectivity index (χ4n) is 2.43. The number of nitrogens with zero attached hydrogens (tertiary/aromatic N) is 3. The van der Waals surface area contributed by atoms with E-state index in [1.165, 1.54) is 0 Å². The maximum Gasteiger partial charge on any atom is 0.305 e. The Kier molecular flexibility index (Phi) is 4.12. The van der Waals surface area contributed by atoms with Crippen LogP contribution in [0.5, 0.6) is 0 Å². The van der Waals surface area contributed by atoms with Crippen LogP contribution >= 0.6 is 0 Å². The van der Waals surface area contributed by atoms with E-state index < -0.39 is 5.97 Å². The summed E-state index contributed by atoms with van der Waals surface area (Å²) in [5.74, 6) is -0.0897. The van der Waals surface area contributed by atoms with Gasteiger partial charge < -0.3 is 10.0 Å². The van der Waals surface area contributed by atoms with Gasteiger partial charge >= 0.3 is 5.97 Å². The minimum absolute atomic E-state index is 0.0412. The van der Waals surface area contributed by atoms with Gasteiger partial charge in [-0.1, -0.05) is 13.3 Å². The molecule has 18 heavy (non-hydrogen) atoms. The highest BCUT2D eigenvalue weighted by atomic mass is 16.4. The lowest BCUT2D eigenvalue weighted by Crippen LogP contribution is -2.32. The summed E-state index contributed by atoms with van der Waals surface area (Å²) in [6, 6.07) is 0.0412. The van der Waals surface area contributed by atoms with Crippen LogP contribution in [-0.2, 0) is 11.2 Å². The summed E-state index contributed by atoms with van der Waals surface area (Å²) >= 11 is 0. The molecule has 0 amide bonds. The number of hydrogen-bond donors (Lipinski definition) is 1. The maximum atomic E-state index is 10.8. The lowest BCUT2D eigenvalue weighted by Gasteiger charge is -2.23. The van der Waals surface area contributed by atoms with Gasteiger partial charge in [0.1, 0.15) is 0 Å². The van der Waals surface area contributed by atoms with Gasteiger partial charge in [-0.25, -0.2) is 9.97 Å². The fraction of sp³-hybridized carbons (Fsp3) is 0.615. The molecule has 1 fully saturated rings. The van der Waals surface area contributed by atoms with E-state index >= 15 is 0 Å². The Balaban J connectivity index is 2.07. The maximum absolute atomic E-state index is 10.8. The standard InChI is InChI=1S/C13H19N3O2/c1-2-4-10-8-14-13(15-9-10)16-6-3-5-11(16)7-12(17)18/h8-9,11H,2-7H2,1H3,(H,17,18). The number of carboxylic acid groups (broad SMARTS) is 1. The molecular formula is C13H19N3O2. The third kappa shape index (κ3) is 2.97. The molecule has 0 aliphatic carbocycles. The molecule has 0 radical (unpaired) electrons. The van der Waals surface area contributed by atoms with Gasteiger partial charge in [-0.2, -0.15) is 0 Å². The van der Waals surface area contributed by atoms with Crippen molar-refractivity contribution in [1.82, 2.24) is 9.97 Å². The van der Waals surface area contributed by atoms with Crippen molar-refractivity contribution in [2.24, 2.45) is 0 Å². The van der Waals surface area contributed by atoms with E-state index in [9.17, 15) is 4.79 Å². The second-order valence-electron chi connectivity index (χ2n) is 4.73. The molecule has 1 aromatic heterocycles. The lowest BCUT2D eigenvalue weighted by molar-refractivity contribution is -0.137. The van der Waals surface area contributed by atoms with E-state index in [4.69, 9.17) is 5.11 Å². The molecule has 98 valence electrons. The molecular weight excluding hydrogens is 230 g/mol. The summed E-state index contributed by atoms with van der Waals surface area (Å²) in [7, 11) is 0. The molecule has 1 aromatic rings. The van der Waals surface area contributed by atoms with Gasteiger partial charge in [0, 0.05) is 25.0 Å². The van der Waals surface area contributed by atoms with E-state index in [1.807, 2.05) is 17.3 Å². The first-order valence-electron chi connectivity index (χ1n) is 6.50. The van der Waals surface area contributed by atoms with Crippen molar-refractivity contribution in [2.75, 3.05) is 11.4 Å². The molecule has 2 heterocycles. The van der Waals surface area contributed by atoms with Gasteiger partial charge in [0.05, 0.1) is 6.42 Å². The zero-order chi connectivity index (χ0) is 13.0. The molecule has 5 heteroatoms. The van der Waals surface area contributed by atoms with E-state index in [0.717, 1.165) is 37.8 Å². The minimum Gasteiger partial charge on any atom is -0.481 e. The number of carbonyl (C=O) groups is 1. The Hall–Kier alpha value is -1.65. The number of anilines is 1. The zero-order valence-electron chi connectivity index (χ0n) is 10.7. The first-order chi connectivity index (χ1) is 8.70. The average Bonchev–Trinajstić information content (AvgIpc) is 2.78. The Bertz CT molecular complexity index is 405. The molecule has 0 aromatic carbocycles. The molecule has 5 nitrogen and oxygen atoms in total. The third-order valence-electron chi connectivity index (χ3n) is 3.27. The summed E-state index contributed by atoms with van der Waals surface area (Å²) in [5, 5.41) is 8.89. The van der Waals surface area contributed by atoms with E-state index in [0.29, 0.717) is 5.95 Å². The van der Waals surface area contributed by atoms with Gasteiger partial charge in [-0.15, -0.1) is 0 Å². The molecule has 0 bridgehead atoms. The van der Waals surface area contributed by atoms with Crippen LogP contribution in [0.15, 0.2) is 12.4 Å². The van der Waals surface area contributed by atoms with Crippen LogP contribution in [0.4, 0.5) is 5.95 Å². The van der Waals surface area contributed by atoms with Crippen LogP contribution in [0, 0.1) is 0 Å². The molecule has 1 atom stereocenters. The van der Waals surface area contributed by atoms with Crippen molar-refractivity contribution in [3.05, 3.63) is 18.0 Å². The predicted molar refractivity (Wildman–Crippen MR) is 68.6 cm³/mol. The Morgan fingerprint density at radius 3 is 2.83 bits per heavy atom. The Morgan fingerprint density at radius 1 is 1.50 bits per heavy atom. The summed E-state index contributed by atoms with van der Waals surface area (Å²) < 4.78 is 0. The van der Waals surface area contributed by atoms with Crippen molar-refractivity contribution in [1.29, 1.82) is 0 Å². The smallest absolute Gasteiger partial charge is 0.305 e. The van der Waals surface area contributed by atoms with Gasteiger partial charge in [0.15, 0.2) is 0 Å². The number of carboxylic acids is 1. The summed E-state index contributed by atoms with van der Waals surface area (Å²) in [4.78, 5) is 21.5.